The first-order valence-corrected chi connectivity index (χ1v) is 12.3. The number of carbonyl (C=O) groups is 1. The van der Waals surface area contributed by atoms with Gasteiger partial charge in [-0.25, -0.2) is 8.42 Å². The molecule has 0 bridgehead atoms. The Balaban J connectivity index is 1.99. The molecule has 3 rings (SSSR count). The second-order valence-corrected chi connectivity index (χ2v) is 10.9. The molecule has 0 N–H and O–H groups in total. The van der Waals surface area contributed by atoms with Crippen LogP contribution in [0.3, 0.4) is 0 Å². The van der Waals surface area contributed by atoms with Crippen molar-refractivity contribution in [2.24, 2.45) is 4.99 Å². The third-order valence-corrected chi connectivity index (χ3v) is 8.24. The zero-order chi connectivity index (χ0) is 22.1. The predicted molar refractivity (Wildman–Crippen MR) is 124 cm³/mol. The third-order valence-electron chi connectivity index (χ3n) is 4.66. The number of hydrogen-bond donors (Lipinski definition) is 0. The van der Waals surface area contributed by atoms with E-state index in [1.807, 2.05) is 22.8 Å². The fourth-order valence-electron chi connectivity index (χ4n) is 2.80. The number of halogens is 1. The van der Waals surface area contributed by atoms with Crippen molar-refractivity contribution >= 4 is 53.4 Å². The van der Waals surface area contributed by atoms with E-state index in [9.17, 15) is 13.2 Å². The average Bonchev–Trinajstić information content (AvgIpc) is 3.03. The van der Waals surface area contributed by atoms with Crippen molar-refractivity contribution in [1.29, 1.82) is 0 Å². The zero-order valence-corrected chi connectivity index (χ0v) is 20.1. The molecule has 0 saturated carbocycles. The SMILES string of the molecule is C=CCn1c(=NC(=O)c2ccc(S(=O)(=O)N(C)C(C)C)cc2)sc2cc(Br)ccc21. The number of sulfonamides is 1. The molecule has 0 saturated heterocycles. The van der Waals surface area contributed by atoms with Gasteiger partial charge >= 0.3 is 0 Å². The predicted octanol–water partition coefficient (Wildman–Crippen LogP) is 4.42. The Bertz CT molecular complexity index is 1270. The van der Waals surface area contributed by atoms with Crippen molar-refractivity contribution in [1.82, 2.24) is 8.87 Å². The number of amides is 1. The van der Waals surface area contributed by atoms with E-state index in [-0.39, 0.29) is 10.9 Å². The van der Waals surface area contributed by atoms with Gasteiger partial charge in [-0.15, -0.1) is 6.58 Å². The third kappa shape index (κ3) is 4.49. The lowest BCUT2D eigenvalue weighted by Crippen LogP contribution is -2.33. The highest BCUT2D eigenvalue weighted by Crippen LogP contribution is 2.22. The minimum atomic E-state index is -3.60. The van der Waals surface area contributed by atoms with E-state index in [1.54, 1.807) is 19.9 Å². The van der Waals surface area contributed by atoms with Crippen molar-refractivity contribution in [3.63, 3.8) is 0 Å². The quantitative estimate of drug-likeness (QED) is 0.463. The van der Waals surface area contributed by atoms with Crippen molar-refractivity contribution in [2.45, 2.75) is 31.3 Å². The molecule has 9 heteroatoms. The van der Waals surface area contributed by atoms with E-state index < -0.39 is 15.9 Å². The van der Waals surface area contributed by atoms with Crippen LogP contribution in [0.25, 0.3) is 10.2 Å². The lowest BCUT2D eigenvalue weighted by molar-refractivity contribution is 0.0997. The molecule has 158 valence electrons. The number of carbonyl (C=O) groups excluding carboxylic acids is 1. The van der Waals surface area contributed by atoms with Gasteiger partial charge in [-0.1, -0.05) is 33.3 Å². The fourth-order valence-corrected chi connectivity index (χ4v) is 5.76. The van der Waals surface area contributed by atoms with Crippen LogP contribution in [0.2, 0.25) is 0 Å². The molecule has 0 fully saturated rings. The van der Waals surface area contributed by atoms with Crippen molar-refractivity contribution in [3.8, 4) is 0 Å². The highest BCUT2D eigenvalue weighted by molar-refractivity contribution is 9.10. The van der Waals surface area contributed by atoms with Crippen LogP contribution in [0.15, 0.2) is 69.5 Å². The van der Waals surface area contributed by atoms with Crippen molar-refractivity contribution in [3.05, 3.63) is 70.0 Å². The summed E-state index contributed by atoms with van der Waals surface area (Å²) in [5, 5.41) is 0. The second kappa shape index (κ2) is 8.97. The Morgan fingerprint density at radius 1 is 1.27 bits per heavy atom. The molecule has 0 atom stereocenters. The number of nitrogens with zero attached hydrogens (tertiary/aromatic N) is 3. The highest BCUT2D eigenvalue weighted by atomic mass is 79.9. The van der Waals surface area contributed by atoms with Gasteiger partial charge in [-0.3, -0.25) is 4.79 Å². The molecule has 1 amide bonds. The van der Waals surface area contributed by atoms with Crippen LogP contribution in [0.5, 0.6) is 0 Å². The Morgan fingerprint density at radius 3 is 2.53 bits per heavy atom. The standard InChI is InChI=1S/C21H22BrN3O3S2/c1-5-12-25-18-11-8-16(22)13-19(18)29-21(25)23-20(26)15-6-9-17(10-7-15)30(27,28)24(4)14(2)3/h5-11,13-14H,1,12H2,2-4H3. The summed E-state index contributed by atoms with van der Waals surface area (Å²) in [6.07, 6.45) is 1.75. The summed E-state index contributed by atoms with van der Waals surface area (Å²) < 4.78 is 30.3. The zero-order valence-electron chi connectivity index (χ0n) is 16.9. The maximum absolute atomic E-state index is 12.7. The summed E-state index contributed by atoms with van der Waals surface area (Å²) in [5.41, 5.74) is 1.29. The van der Waals surface area contributed by atoms with Gasteiger partial charge in [0.2, 0.25) is 10.0 Å². The number of thiazole rings is 1. The number of allylic oxidation sites excluding steroid dienone is 1. The Kier molecular flexibility index (Phi) is 6.76. The van der Waals surface area contributed by atoms with Crippen molar-refractivity contribution < 1.29 is 13.2 Å². The summed E-state index contributed by atoms with van der Waals surface area (Å²) in [6, 6.07) is 11.6. The molecule has 2 aromatic carbocycles. The van der Waals surface area contributed by atoms with Gasteiger partial charge in [0.25, 0.3) is 5.91 Å². The van der Waals surface area contributed by atoms with Crippen LogP contribution >= 0.6 is 27.3 Å². The number of aromatic nitrogens is 1. The van der Waals surface area contributed by atoms with E-state index in [1.165, 1.54) is 47.0 Å². The Labute approximate surface area is 188 Å². The molecule has 0 radical (unpaired) electrons. The molecule has 0 aliphatic heterocycles. The number of hydrogen-bond acceptors (Lipinski definition) is 4. The average molecular weight is 508 g/mol. The Hall–Kier alpha value is -2.07. The van der Waals surface area contributed by atoms with Gasteiger partial charge in [0, 0.05) is 29.7 Å². The molecule has 30 heavy (non-hydrogen) atoms. The van der Waals surface area contributed by atoms with Gasteiger partial charge in [0.15, 0.2) is 4.80 Å². The summed E-state index contributed by atoms with van der Waals surface area (Å²) in [7, 11) is -2.07. The highest BCUT2D eigenvalue weighted by Gasteiger charge is 2.23. The molecule has 0 unspecified atom stereocenters. The fraction of sp³-hybridized carbons (Fsp3) is 0.238. The first kappa shape index (κ1) is 22.6. The minimum Gasteiger partial charge on any atom is -0.312 e. The smallest absolute Gasteiger partial charge is 0.279 e. The normalized spacial score (nSPS) is 12.8. The molecule has 1 aromatic heterocycles. The summed E-state index contributed by atoms with van der Waals surface area (Å²) in [6.45, 7) is 7.91. The monoisotopic (exact) mass is 507 g/mol. The van der Waals surface area contributed by atoms with Crippen LogP contribution < -0.4 is 4.80 Å². The van der Waals surface area contributed by atoms with Crippen LogP contribution in [-0.4, -0.2) is 36.3 Å². The Morgan fingerprint density at radius 2 is 1.93 bits per heavy atom. The maximum Gasteiger partial charge on any atom is 0.279 e. The summed E-state index contributed by atoms with van der Waals surface area (Å²) in [4.78, 5) is 17.7. The van der Waals surface area contributed by atoms with Crippen LogP contribution in [0, 0.1) is 0 Å². The first-order valence-electron chi connectivity index (χ1n) is 9.22. The summed E-state index contributed by atoms with van der Waals surface area (Å²) in [5.74, 6) is -0.431. The van der Waals surface area contributed by atoms with Crippen LogP contribution in [-0.2, 0) is 16.6 Å². The molecule has 0 aliphatic carbocycles. The van der Waals surface area contributed by atoms with Gasteiger partial charge in [0.1, 0.15) is 0 Å². The first-order chi connectivity index (χ1) is 14.1. The maximum atomic E-state index is 12.7. The van der Waals surface area contributed by atoms with Gasteiger partial charge < -0.3 is 4.57 Å². The van der Waals surface area contributed by atoms with Crippen LogP contribution in [0.1, 0.15) is 24.2 Å². The topological polar surface area (TPSA) is 71.7 Å². The van der Waals surface area contributed by atoms with E-state index in [0.29, 0.717) is 16.9 Å². The number of fused-ring (bicyclic) bond motifs is 1. The number of rotatable bonds is 6. The van der Waals surface area contributed by atoms with E-state index in [4.69, 9.17) is 0 Å². The van der Waals surface area contributed by atoms with E-state index >= 15 is 0 Å². The van der Waals surface area contributed by atoms with E-state index in [0.717, 1.165) is 14.7 Å². The molecular weight excluding hydrogens is 486 g/mol. The minimum absolute atomic E-state index is 0.142. The summed E-state index contributed by atoms with van der Waals surface area (Å²) >= 11 is 4.87. The molecule has 1 heterocycles. The van der Waals surface area contributed by atoms with E-state index in [2.05, 4.69) is 27.5 Å². The van der Waals surface area contributed by atoms with Gasteiger partial charge in [-0.2, -0.15) is 9.30 Å². The lowest BCUT2D eigenvalue weighted by Gasteiger charge is -2.20. The molecular formula is C21H22BrN3O3S2. The number of benzene rings is 2. The molecule has 6 nitrogen and oxygen atoms in total. The second-order valence-electron chi connectivity index (χ2n) is 6.95. The van der Waals surface area contributed by atoms with Crippen LogP contribution in [0.4, 0.5) is 0 Å². The van der Waals surface area contributed by atoms with Crippen molar-refractivity contribution in [2.75, 3.05) is 7.05 Å². The largest absolute Gasteiger partial charge is 0.312 e. The molecule has 0 spiro atoms. The molecule has 0 aliphatic rings. The van der Waals surface area contributed by atoms with Gasteiger partial charge in [-0.05, 0) is 56.3 Å². The lowest BCUT2D eigenvalue weighted by atomic mass is 10.2. The van der Waals surface area contributed by atoms with Gasteiger partial charge in [0.05, 0.1) is 15.1 Å². The molecule has 3 aromatic rings.